The van der Waals surface area contributed by atoms with E-state index in [1.54, 1.807) is 15.4 Å². The van der Waals surface area contributed by atoms with E-state index in [0.717, 1.165) is 11.6 Å². The molecule has 0 aliphatic carbocycles. The first-order chi connectivity index (χ1) is 10.1. The molecule has 0 atom stereocenters. The molecule has 0 saturated carbocycles. The maximum absolute atomic E-state index is 13.8. The highest BCUT2D eigenvalue weighted by Gasteiger charge is 2.15. The molecule has 21 heavy (non-hydrogen) atoms. The highest BCUT2D eigenvalue weighted by atomic mass is 35.5. The molecule has 4 nitrogen and oxygen atoms in total. The lowest BCUT2D eigenvalue weighted by Gasteiger charge is -2.06. The van der Waals surface area contributed by atoms with Crippen LogP contribution in [-0.4, -0.2) is 19.3 Å². The van der Waals surface area contributed by atoms with Crippen molar-refractivity contribution in [3.05, 3.63) is 47.5 Å². The Hall–Kier alpha value is -1.95. The summed E-state index contributed by atoms with van der Waals surface area (Å²) in [5, 5.41) is 4.10. The summed E-state index contributed by atoms with van der Waals surface area (Å²) in [6.45, 7) is 0.535. The minimum Gasteiger partial charge on any atom is -0.326 e. The van der Waals surface area contributed by atoms with Gasteiger partial charge in [-0.05, 0) is 18.1 Å². The molecule has 2 aromatic heterocycles. The number of nitrogens with zero attached hydrogens (tertiary/aromatic N) is 4. The third kappa shape index (κ3) is 2.63. The van der Waals surface area contributed by atoms with Crippen LogP contribution in [0.4, 0.5) is 8.78 Å². The van der Waals surface area contributed by atoms with Gasteiger partial charge in [0.05, 0.1) is 17.6 Å². The molecule has 0 saturated heterocycles. The SMILES string of the molecule is Cn1cc(CCn2c(CCl)nc3c(F)cc(F)cc32)cn1. The average molecular weight is 311 g/mol. The largest absolute Gasteiger partial charge is 0.326 e. The molecule has 110 valence electrons. The van der Waals surface area contributed by atoms with Crippen molar-refractivity contribution in [2.24, 2.45) is 7.05 Å². The van der Waals surface area contributed by atoms with E-state index in [2.05, 4.69) is 10.1 Å². The summed E-state index contributed by atoms with van der Waals surface area (Å²) in [4.78, 5) is 4.16. The van der Waals surface area contributed by atoms with E-state index >= 15 is 0 Å². The van der Waals surface area contributed by atoms with Gasteiger partial charge in [0.1, 0.15) is 17.2 Å². The molecule has 0 unspecified atom stereocenters. The lowest BCUT2D eigenvalue weighted by molar-refractivity contribution is 0.589. The number of aromatic nitrogens is 4. The minimum absolute atomic E-state index is 0.142. The van der Waals surface area contributed by atoms with E-state index in [1.807, 2.05) is 13.2 Å². The van der Waals surface area contributed by atoms with Crippen molar-refractivity contribution in [2.75, 3.05) is 0 Å². The second-order valence-corrected chi connectivity index (χ2v) is 5.11. The number of alkyl halides is 1. The van der Waals surface area contributed by atoms with E-state index in [-0.39, 0.29) is 11.4 Å². The number of halogens is 3. The zero-order valence-corrected chi connectivity index (χ0v) is 12.1. The zero-order valence-electron chi connectivity index (χ0n) is 11.4. The van der Waals surface area contributed by atoms with Gasteiger partial charge in [0.2, 0.25) is 0 Å². The molecule has 0 amide bonds. The van der Waals surface area contributed by atoms with Crippen molar-refractivity contribution in [3.8, 4) is 0 Å². The van der Waals surface area contributed by atoms with Gasteiger partial charge in [-0.25, -0.2) is 13.8 Å². The molecule has 3 rings (SSSR count). The van der Waals surface area contributed by atoms with E-state index in [1.165, 1.54) is 6.07 Å². The van der Waals surface area contributed by atoms with Crippen LogP contribution in [-0.2, 0) is 25.9 Å². The number of fused-ring (bicyclic) bond motifs is 1. The summed E-state index contributed by atoms with van der Waals surface area (Å²) in [6.07, 6.45) is 4.35. The quantitative estimate of drug-likeness (QED) is 0.694. The van der Waals surface area contributed by atoms with Crippen LogP contribution in [0.25, 0.3) is 11.0 Å². The Balaban J connectivity index is 1.99. The topological polar surface area (TPSA) is 35.6 Å². The van der Waals surface area contributed by atoms with Crippen molar-refractivity contribution in [1.82, 2.24) is 19.3 Å². The maximum atomic E-state index is 13.8. The van der Waals surface area contributed by atoms with Gasteiger partial charge in [0.15, 0.2) is 5.82 Å². The third-order valence-electron chi connectivity index (χ3n) is 3.35. The molecule has 0 bridgehead atoms. The molecule has 1 aromatic carbocycles. The first-order valence-corrected chi connectivity index (χ1v) is 6.99. The molecule has 0 aliphatic heterocycles. The van der Waals surface area contributed by atoms with Crippen molar-refractivity contribution >= 4 is 22.6 Å². The maximum Gasteiger partial charge on any atom is 0.153 e. The van der Waals surface area contributed by atoms with Gasteiger partial charge >= 0.3 is 0 Å². The molecule has 0 radical (unpaired) electrons. The predicted molar refractivity (Wildman–Crippen MR) is 76.1 cm³/mol. The van der Waals surface area contributed by atoms with Crippen molar-refractivity contribution in [3.63, 3.8) is 0 Å². The summed E-state index contributed by atoms with van der Waals surface area (Å²) in [5.41, 5.74) is 1.61. The standard InChI is InChI=1S/C14H13ClF2N4/c1-20-8-9(7-18-20)2-3-21-12-5-10(16)4-11(17)14(12)19-13(21)6-15/h4-5,7-8H,2-3,6H2,1H3. The second kappa shape index (κ2) is 5.44. The normalized spacial score (nSPS) is 11.4. The smallest absolute Gasteiger partial charge is 0.153 e. The van der Waals surface area contributed by atoms with Crippen molar-refractivity contribution in [2.45, 2.75) is 18.8 Å². The molecule has 2 heterocycles. The highest BCUT2D eigenvalue weighted by molar-refractivity contribution is 6.16. The van der Waals surface area contributed by atoms with Gasteiger partial charge in [-0.3, -0.25) is 4.68 Å². The number of imidazole rings is 1. The summed E-state index contributed by atoms with van der Waals surface area (Å²) in [6, 6.07) is 2.11. The molecule has 0 spiro atoms. The summed E-state index contributed by atoms with van der Waals surface area (Å²) >= 11 is 5.87. The van der Waals surface area contributed by atoms with Crippen molar-refractivity contribution < 1.29 is 8.78 Å². The predicted octanol–water partition coefficient (Wildman–Crippen LogP) is 3.03. The Morgan fingerprint density at radius 3 is 2.76 bits per heavy atom. The first kappa shape index (κ1) is 14.0. The summed E-state index contributed by atoms with van der Waals surface area (Å²) in [5.74, 6) is -0.622. The van der Waals surface area contributed by atoms with Crippen molar-refractivity contribution in [1.29, 1.82) is 0 Å². The molecule has 0 fully saturated rings. The van der Waals surface area contributed by atoms with Gasteiger partial charge in [0.25, 0.3) is 0 Å². The van der Waals surface area contributed by atoms with Gasteiger partial charge in [-0.1, -0.05) is 0 Å². The van der Waals surface area contributed by atoms with Crippen LogP contribution < -0.4 is 0 Å². The molecular weight excluding hydrogens is 298 g/mol. The van der Waals surface area contributed by atoms with E-state index in [0.29, 0.717) is 24.3 Å². The lowest BCUT2D eigenvalue weighted by Crippen LogP contribution is -2.05. The number of benzene rings is 1. The second-order valence-electron chi connectivity index (χ2n) is 4.84. The van der Waals surface area contributed by atoms with E-state index in [9.17, 15) is 8.78 Å². The van der Waals surface area contributed by atoms with Crippen LogP contribution in [0.1, 0.15) is 11.4 Å². The highest BCUT2D eigenvalue weighted by Crippen LogP contribution is 2.22. The minimum atomic E-state index is -0.670. The number of rotatable bonds is 4. The van der Waals surface area contributed by atoms with Crippen LogP contribution in [0, 0.1) is 11.6 Å². The fourth-order valence-corrected chi connectivity index (χ4v) is 2.59. The molecular formula is C14H13ClF2N4. The molecule has 0 N–H and O–H groups in total. The van der Waals surface area contributed by atoms with Crippen LogP contribution in [0.2, 0.25) is 0 Å². The van der Waals surface area contributed by atoms with Gasteiger partial charge in [-0.15, -0.1) is 11.6 Å². The zero-order chi connectivity index (χ0) is 15.0. The van der Waals surface area contributed by atoms with Gasteiger partial charge in [0, 0.05) is 25.9 Å². The van der Waals surface area contributed by atoms with E-state index < -0.39 is 11.6 Å². The number of hydrogen-bond donors (Lipinski definition) is 0. The first-order valence-electron chi connectivity index (χ1n) is 6.46. The van der Waals surface area contributed by atoms with Gasteiger partial charge in [-0.2, -0.15) is 5.10 Å². The van der Waals surface area contributed by atoms with Crippen LogP contribution in [0.3, 0.4) is 0 Å². The Kier molecular flexibility index (Phi) is 3.63. The van der Waals surface area contributed by atoms with Gasteiger partial charge < -0.3 is 4.57 Å². The fourth-order valence-electron chi connectivity index (χ4n) is 2.39. The summed E-state index contributed by atoms with van der Waals surface area (Å²) in [7, 11) is 1.84. The monoisotopic (exact) mass is 310 g/mol. The third-order valence-corrected chi connectivity index (χ3v) is 3.59. The van der Waals surface area contributed by atoms with Crippen LogP contribution in [0.5, 0.6) is 0 Å². The summed E-state index contributed by atoms with van der Waals surface area (Å²) < 4.78 is 30.7. The fraction of sp³-hybridized carbons (Fsp3) is 0.286. The lowest BCUT2D eigenvalue weighted by atomic mass is 10.2. The molecule has 3 aromatic rings. The Morgan fingerprint density at radius 2 is 2.10 bits per heavy atom. The molecule has 0 aliphatic rings. The average Bonchev–Trinajstić information content (AvgIpc) is 3.00. The number of hydrogen-bond acceptors (Lipinski definition) is 2. The Morgan fingerprint density at radius 1 is 1.29 bits per heavy atom. The molecule has 7 heteroatoms. The van der Waals surface area contributed by atoms with Crippen LogP contribution >= 0.6 is 11.6 Å². The number of aryl methyl sites for hydroxylation is 3. The van der Waals surface area contributed by atoms with E-state index in [4.69, 9.17) is 11.6 Å². The Labute approximate surface area is 125 Å². The Bertz CT molecular complexity index is 794. The van der Waals surface area contributed by atoms with Crippen LogP contribution in [0.15, 0.2) is 24.5 Å².